The van der Waals surface area contributed by atoms with E-state index in [4.69, 9.17) is 24.2 Å². The minimum Gasteiger partial charge on any atom is -0.481 e. The van der Waals surface area contributed by atoms with E-state index in [1.807, 2.05) is 18.2 Å². The number of rotatable bonds is 4. The first-order chi connectivity index (χ1) is 15.0. The van der Waals surface area contributed by atoms with E-state index in [-0.39, 0.29) is 11.3 Å². The predicted molar refractivity (Wildman–Crippen MR) is 120 cm³/mol. The molecule has 2 aromatic rings. The number of ether oxygens (including phenoxy) is 2. The van der Waals surface area contributed by atoms with E-state index in [0.717, 1.165) is 42.0 Å². The van der Waals surface area contributed by atoms with Crippen molar-refractivity contribution in [2.24, 2.45) is 0 Å². The number of nitrogens with one attached hydrogen (secondary N) is 1. The molecule has 5 rings (SSSR count). The molecule has 0 radical (unpaired) electrons. The Kier molecular flexibility index (Phi) is 5.18. The molecule has 9 heteroatoms. The van der Waals surface area contributed by atoms with E-state index in [9.17, 15) is 4.21 Å². The van der Waals surface area contributed by atoms with Gasteiger partial charge in [0, 0.05) is 42.0 Å². The summed E-state index contributed by atoms with van der Waals surface area (Å²) in [4.78, 5) is 16.6. The second kappa shape index (κ2) is 7.87. The zero-order valence-corrected chi connectivity index (χ0v) is 18.7. The average Bonchev–Trinajstić information content (AvgIpc) is 3.38. The molecule has 0 spiro atoms. The second-order valence-electron chi connectivity index (χ2n) is 8.33. The molecule has 2 saturated heterocycles. The van der Waals surface area contributed by atoms with Crippen LogP contribution in [0, 0.1) is 4.78 Å². The molecule has 3 aliphatic rings. The van der Waals surface area contributed by atoms with Crippen LogP contribution in [-0.4, -0.2) is 57.8 Å². The average molecular weight is 442 g/mol. The molecule has 0 amide bonds. The fourth-order valence-corrected chi connectivity index (χ4v) is 6.55. The first kappa shape index (κ1) is 20.4. The molecule has 1 N–H and O–H groups in total. The number of fused-ring (bicyclic) bond motifs is 1. The van der Waals surface area contributed by atoms with Crippen LogP contribution in [0.5, 0.6) is 5.88 Å². The third kappa shape index (κ3) is 3.70. The van der Waals surface area contributed by atoms with Crippen LogP contribution in [0.3, 0.4) is 0 Å². The summed E-state index contributed by atoms with van der Waals surface area (Å²) in [5.74, 6) is 2.32. The quantitative estimate of drug-likeness (QED) is 0.777. The van der Waals surface area contributed by atoms with E-state index in [1.54, 1.807) is 7.11 Å². The minimum atomic E-state index is -2.71. The topological polar surface area (TPSA) is 101 Å². The molecule has 2 unspecified atom stereocenters. The molecule has 0 bridgehead atoms. The Morgan fingerprint density at radius 2 is 2.16 bits per heavy atom. The molecule has 4 heterocycles. The van der Waals surface area contributed by atoms with E-state index in [0.29, 0.717) is 42.8 Å². The van der Waals surface area contributed by atoms with Gasteiger partial charge in [-0.25, -0.2) is 19.2 Å². The highest BCUT2D eigenvalue weighted by molar-refractivity contribution is 7.92. The van der Waals surface area contributed by atoms with Gasteiger partial charge in [0.05, 0.1) is 52.7 Å². The highest BCUT2D eigenvalue weighted by atomic mass is 32.2. The fraction of sp³-hybridized carbons (Fsp3) is 0.500. The standard InChI is InChI=1S/C22H27N5O3S/c1-14-13-30-9-8-27(14)20-12-18(19-7-4-10-31(19,23)28)25-22(26-20)16-11-21(29-2)24-17-6-3-5-15(16)17/h3,5,11-12,14,19,23H,4,6-10,13H2,1-2H3/t14-,19?,31?/m1/s1. The van der Waals surface area contributed by atoms with Crippen LogP contribution in [-0.2, 0) is 20.9 Å². The molecule has 0 aromatic carbocycles. The lowest BCUT2D eigenvalue weighted by Crippen LogP contribution is -2.44. The molecule has 0 saturated carbocycles. The molecule has 2 aliphatic heterocycles. The van der Waals surface area contributed by atoms with Crippen LogP contribution in [0.4, 0.5) is 5.82 Å². The highest BCUT2D eigenvalue weighted by Crippen LogP contribution is 2.38. The van der Waals surface area contributed by atoms with Gasteiger partial charge < -0.3 is 14.4 Å². The van der Waals surface area contributed by atoms with Crippen molar-refractivity contribution in [2.45, 2.75) is 37.5 Å². The minimum absolute atomic E-state index is 0.172. The summed E-state index contributed by atoms with van der Waals surface area (Å²) in [6.45, 7) is 4.11. The predicted octanol–water partition coefficient (Wildman–Crippen LogP) is 3.22. The van der Waals surface area contributed by atoms with Gasteiger partial charge in [-0.2, -0.15) is 0 Å². The molecular formula is C22H27N5O3S. The van der Waals surface area contributed by atoms with Crippen molar-refractivity contribution >= 4 is 21.6 Å². The van der Waals surface area contributed by atoms with Gasteiger partial charge in [-0.3, -0.25) is 4.78 Å². The summed E-state index contributed by atoms with van der Waals surface area (Å²) < 4.78 is 32.4. The molecule has 164 valence electrons. The molecule has 8 nitrogen and oxygen atoms in total. The molecule has 3 atom stereocenters. The Labute approximate surface area is 182 Å². The monoisotopic (exact) mass is 441 g/mol. The van der Waals surface area contributed by atoms with Crippen molar-refractivity contribution in [1.29, 1.82) is 4.78 Å². The summed E-state index contributed by atoms with van der Waals surface area (Å²) in [6.07, 6.45) is 6.37. The molecule has 1 aliphatic carbocycles. The number of methoxy groups -OCH3 is 1. The number of anilines is 1. The normalized spacial score (nSPS) is 27.5. The van der Waals surface area contributed by atoms with Gasteiger partial charge in [0.25, 0.3) is 0 Å². The third-order valence-corrected chi connectivity index (χ3v) is 8.55. The van der Waals surface area contributed by atoms with Crippen molar-refractivity contribution < 1.29 is 13.7 Å². The van der Waals surface area contributed by atoms with Crippen LogP contribution in [0.1, 0.15) is 42.0 Å². The van der Waals surface area contributed by atoms with Crippen LogP contribution in [0.25, 0.3) is 17.5 Å². The highest BCUT2D eigenvalue weighted by Gasteiger charge is 2.33. The van der Waals surface area contributed by atoms with Crippen molar-refractivity contribution in [3.8, 4) is 17.3 Å². The SMILES string of the molecule is COc1cc(-c2nc(C3CCCS3(=N)=O)cc(N3CCOC[C@H]3C)n2)c2c(n1)CC=C2. The first-order valence-electron chi connectivity index (χ1n) is 10.7. The summed E-state index contributed by atoms with van der Waals surface area (Å²) in [5.41, 5.74) is 3.49. The van der Waals surface area contributed by atoms with Gasteiger partial charge in [0.2, 0.25) is 5.88 Å². The van der Waals surface area contributed by atoms with Gasteiger partial charge in [-0.1, -0.05) is 12.2 Å². The van der Waals surface area contributed by atoms with E-state index in [1.165, 1.54) is 0 Å². The van der Waals surface area contributed by atoms with Crippen LogP contribution in [0.15, 0.2) is 18.2 Å². The molecule has 2 fully saturated rings. The number of hydrogen-bond donors (Lipinski definition) is 1. The van der Waals surface area contributed by atoms with Crippen molar-refractivity contribution in [3.05, 3.63) is 35.2 Å². The maximum atomic E-state index is 12.9. The Morgan fingerprint density at radius 1 is 1.29 bits per heavy atom. The zero-order chi connectivity index (χ0) is 21.6. The van der Waals surface area contributed by atoms with E-state index in [2.05, 4.69) is 22.9 Å². The largest absolute Gasteiger partial charge is 0.481 e. The summed E-state index contributed by atoms with van der Waals surface area (Å²) in [5, 5.41) is -0.364. The number of hydrogen-bond acceptors (Lipinski definition) is 8. The Hall–Kier alpha value is -2.52. The zero-order valence-electron chi connectivity index (χ0n) is 17.8. The van der Waals surface area contributed by atoms with E-state index >= 15 is 0 Å². The van der Waals surface area contributed by atoms with E-state index < -0.39 is 9.73 Å². The van der Waals surface area contributed by atoms with Gasteiger partial charge in [0.1, 0.15) is 5.82 Å². The van der Waals surface area contributed by atoms with Crippen LogP contribution >= 0.6 is 0 Å². The Balaban J connectivity index is 1.69. The number of pyridine rings is 1. The number of morpholine rings is 1. The maximum Gasteiger partial charge on any atom is 0.213 e. The summed E-state index contributed by atoms with van der Waals surface area (Å²) >= 11 is 0. The van der Waals surface area contributed by atoms with Crippen molar-refractivity contribution in [1.82, 2.24) is 15.0 Å². The molecular weight excluding hydrogens is 414 g/mol. The lowest BCUT2D eigenvalue weighted by molar-refractivity contribution is 0.0985. The fourth-order valence-electron chi connectivity index (χ4n) is 4.61. The smallest absolute Gasteiger partial charge is 0.213 e. The number of nitrogens with zero attached hydrogens (tertiary/aromatic N) is 4. The molecule has 31 heavy (non-hydrogen) atoms. The third-order valence-electron chi connectivity index (χ3n) is 6.26. The summed E-state index contributed by atoms with van der Waals surface area (Å²) in [6, 6.07) is 3.97. The van der Waals surface area contributed by atoms with Crippen LogP contribution in [0.2, 0.25) is 0 Å². The second-order valence-corrected chi connectivity index (χ2v) is 10.8. The summed E-state index contributed by atoms with van der Waals surface area (Å²) in [7, 11) is -1.10. The Bertz CT molecular complexity index is 1150. The van der Waals surface area contributed by atoms with Crippen molar-refractivity contribution in [2.75, 3.05) is 37.5 Å². The molecule has 2 aromatic heterocycles. The van der Waals surface area contributed by atoms with Gasteiger partial charge in [-0.15, -0.1) is 0 Å². The maximum absolute atomic E-state index is 12.9. The Morgan fingerprint density at radius 3 is 2.90 bits per heavy atom. The lowest BCUT2D eigenvalue weighted by atomic mass is 10.1. The van der Waals surface area contributed by atoms with Gasteiger partial charge in [0.15, 0.2) is 5.82 Å². The number of allylic oxidation sites excluding steroid dienone is 1. The van der Waals surface area contributed by atoms with Crippen LogP contribution < -0.4 is 9.64 Å². The van der Waals surface area contributed by atoms with Crippen molar-refractivity contribution in [3.63, 3.8) is 0 Å². The van der Waals surface area contributed by atoms with Gasteiger partial charge in [-0.05, 0) is 19.8 Å². The van der Waals surface area contributed by atoms with Gasteiger partial charge >= 0.3 is 0 Å². The lowest BCUT2D eigenvalue weighted by Gasteiger charge is -2.34. The first-order valence-corrected chi connectivity index (χ1v) is 12.5. The number of aromatic nitrogens is 3.